The summed E-state index contributed by atoms with van der Waals surface area (Å²) in [6, 6.07) is 4.67. The molecule has 0 amide bonds. The van der Waals surface area contributed by atoms with Crippen LogP contribution in [0.1, 0.15) is 37.7 Å². The molecule has 0 fully saturated rings. The van der Waals surface area contributed by atoms with Crippen LogP contribution < -0.4 is 4.72 Å². The van der Waals surface area contributed by atoms with Gasteiger partial charge in [0.15, 0.2) is 0 Å². The van der Waals surface area contributed by atoms with Crippen molar-refractivity contribution in [1.29, 1.82) is 0 Å². The topological polar surface area (TPSA) is 84.2 Å². The van der Waals surface area contributed by atoms with E-state index in [-0.39, 0.29) is 16.2 Å². The highest BCUT2D eigenvalue weighted by Crippen LogP contribution is 2.28. The molecule has 0 bridgehead atoms. The number of aromatic hydroxyl groups is 1. The quantitative estimate of drug-likeness (QED) is 0.901. The maximum absolute atomic E-state index is 12.7. The van der Waals surface area contributed by atoms with Crippen molar-refractivity contribution in [3.05, 3.63) is 35.2 Å². The maximum atomic E-state index is 12.7. The van der Waals surface area contributed by atoms with Gasteiger partial charge in [0.05, 0.1) is 22.6 Å². The van der Waals surface area contributed by atoms with Gasteiger partial charge >= 0.3 is 0 Å². The second-order valence-corrected chi connectivity index (χ2v) is 8.31. The third-order valence-electron chi connectivity index (χ3n) is 3.59. The Labute approximate surface area is 137 Å². The summed E-state index contributed by atoms with van der Waals surface area (Å²) in [4.78, 5) is 0.174. The molecule has 0 atom stereocenters. The van der Waals surface area contributed by atoms with Crippen molar-refractivity contribution in [2.45, 2.75) is 52.0 Å². The first-order chi connectivity index (χ1) is 10.4. The summed E-state index contributed by atoms with van der Waals surface area (Å²) in [7, 11) is -3.79. The average Bonchev–Trinajstić information content (AvgIpc) is 2.69. The van der Waals surface area contributed by atoms with Crippen LogP contribution >= 0.6 is 0 Å². The third kappa shape index (κ3) is 3.34. The summed E-state index contributed by atoms with van der Waals surface area (Å²) in [6.07, 6.45) is 0. The molecule has 0 aliphatic carbocycles. The van der Waals surface area contributed by atoms with E-state index in [0.29, 0.717) is 22.6 Å². The fourth-order valence-electron chi connectivity index (χ4n) is 2.55. The summed E-state index contributed by atoms with van der Waals surface area (Å²) in [6.45, 7) is 11.1. The first kappa shape index (κ1) is 17.3. The largest absolute Gasteiger partial charge is 0.508 e. The zero-order valence-corrected chi connectivity index (χ0v) is 15.1. The summed E-state index contributed by atoms with van der Waals surface area (Å²) >= 11 is 0. The molecule has 2 N–H and O–H groups in total. The summed E-state index contributed by atoms with van der Waals surface area (Å²) in [5, 5.41) is 14.1. The molecule has 23 heavy (non-hydrogen) atoms. The van der Waals surface area contributed by atoms with Gasteiger partial charge in [-0.1, -0.05) is 6.07 Å². The molecule has 2 rings (SSSR count). The van der Waals surface area contributed by atoms with Crippen LogP contribution in [-0.4, -0.2) is 23.3 Å². The van der Waals surface area contributed by atoms with Gasteiger partial charge in [-0.2, -0.15) is 5.10 Å². The van der Waals surface area contributed by atoms with Gasteiger partial charge in [0.25, 0.3) is 10.0 Å². The van der Waals surface area contributed by atoms with Crippen LogP contribution in [-0.2, 0) is 15.6 Å². The van der Waals surface area contributed by atoms with Crippen LogP contribution in [0.25, 0.3) is 0 Å². The molecule has 1 aromatic heterocycles. The van der Waals surface area contributed by atoms with Crippen molar-refractivity contribution >= 4 is 15.7 Å². The molecular formula is C16H23N3O3S. The molecule has 0 aliphatic heterocycles. The van der Waals surface area contributed by atoms with Gasteiger partial charge in [0.1, 0.15) is 10.6 Å². The molecule has 126 valence electrons. The highest BCUT2D eigenvalue weighted by Gasteiger charge is 2.28. The van der Waals surface area contributed by atoms with Crippen molar-refractivity contribution in [2.24, 2.45) is 0 Å². The Morgan fingerprint density at radius 3 is 2.26 bits per heavy atom. The molecule has 1 heterocycles. The third-order valence-corrected chi connectivity index (χ3v) is 5.22. The fourth-order valence-corrected chi connectivity index (χ4v) is 3.99. The van der Waals surface area contributed by atoms with E-state index in [4.69, 9.17) is 0 Å². The first-order valence-electron chi connectivity index (χ1n) is 7.32. The highest BCUT2D eigenvalue weighted by atomic mass is 32.2. The van der Waals surface area contributed by atoms with Gasteiger partial charge in [-0.3, -0.25) is 9.40 Å². The Bertz CT molecular complexity index is 846. The van der Waals surface area contributed by atoms with E-state index in [1.165, 1.54) is 6.07 Å². The zero-order chi connectivity index (χ0) is 17.6. The molecule has 0 saturated heterocycles. The second-order valence-electron chi connectivity index (χ2n) is 6.69. The number of rotatable bonds is 3. The predicted octanol–water partition coefficient (Wildman–Crippen LogP) is 3.07. The number of hydrogen-bond donors (Lipinski definition) is 2. The Morgan fingerprint density at radius 2 is 1.78 bits per heavy atom. The molecule has 0 saturated carbocycles. The first-order valence-corrected chi connectivity index (χ1v) is 8.81. The van der Waals surface area contributed by atoms with E-state index in [0.717, 1.165) is 0 Å². The number of aromatic nitrogens is 2. The van der Waals surface area contributed by atoms with Crippen molar-refractivity contribution < 1.29 is 13.5 Å². The van der Waals surface area contributed by atoms with Crippen molar-refractivity contribution in [2.75, 3.05) is 4.72 Å². The zero-order valence-electron chi connectivity index (χ0n) is 14.3. The number of sulfonamides is 1. The minimum absolute atomic E-state index is 0.0454. The highest BCUT2D eigenvalue weighted by molar-refractivity contribution is 7.92. The Balaban J connectivity index is 2.48. The molecule has 0 spiro atoms. The standard InChI is InChI=1S/C16H23N3O3S/c1-10-7-8-13(9-14(10)20)18-23(21,22)15-11(2)17-19(12(15)3)16(4,5)6/h7-9,18,20H,1-6H3. The van der Waals surface area contributed by atoms with Gasteiger partial charge in [0, 0.05) is 6.07 Å². The van der Waals surface area contributed by atoms with E-state index in [9.17, 15) is 13.5 Å². The summed E-state index contributed by atoms with van der Waals surface area (Å²) < 4.78 is 29.7. The predicted molar refractivity (Wildman–Crippen MR) is 90.3 cm³/mol. The van der Waals surface area contributed by atoms with Gasteiger partial charge in [-0.15, -0.1) is 0 Å². The normalized spacial score (nSPS) is 12.4. The number of hydrogen-bond acceptors (Lipinski definition) is 4. The average molecular weight is 337 g/mol. The lowest BCUT2D eigenvalue weighted by atomic mass is 10.1. The molecule has 0 unspecified atom stereocenters. The fraction of sp³-hybridized carbons (Fsp3) is 0.438. The van der Waals surface area contributed by atoms with Crippen molar-refractivity contribution in [3.63, 3.8) is 0 Å². The Hall–Kier alpha value is -2.02. The van der Waals surface area contributed by atoms with Crippen LogP contribution in [0.4, 0.5) is 5.69 Å². The molecule has 2 aromatic rings. The summed E-state index contributed by atoms with van der Waals surface area (Å²) in [5.41, 5.74) is 1.71. The van der Waals surface area contributed by atoms with Crippen LogP contribution in [0.2, 0.25) is 0 Å². The van der Waals surface area contributed by atoms with E-state index in [1.54, 1.807) is 37.6 Å². The molecule has 0 aliphatic rings. The minimum atomic E-state index is -3.79. The Morgan fingerprint density at radius 1 is 1.17 bits per heavy atom. The monoisotopic (exact) mass is 337 g/mol. The molecule has 1 aromatic carbocycles. The van der Waals surface area contributed by atoms with Gasteiger partial charge < -0.3 is 5.11 Å². The van der Waals surface area contributed by atoms with Gasteiger partial charge in [0.2, 0.25) is 0 Å². The van der Waals surface area contributed by atoms with E-state index < -0.39 is 10.0 Å². The van der Waals surface area contributed by atoms with E-state index in [1.807, 2.05) is 20.8 Å². The molecule has 6 nitrogen and oxygen atoms in total. The number of nitrogens with one attached hydrogen (secondary N) is 1. The SMILES string of the molecule is Cc1ccc(NS(=O)(=O)c2c(C)nn(C(C)(C)C)c2C)cc1O. The van der Waals surface area contributed by atoms with Gasteiger partial charge in [-0.05, 0) is 53.2 Å². The summed E-state index contributed by atoms with van der Waals surface area (Å²) in [5.74, 6) is 0.0454. The van der Waals surface area contributed by atoms with E-state index >= 15 is 0 Å². The number of anilines is 1. The van der Waals surface area contributed by atoms with Crippen molar-refractivity contribution in [3.8, 4) is 5.75 Å². The number of benzene rings is 1. The number of phenolic OH excluding ortho intramolecular Hbond substituents is 1. The van der Waals surface area contributed by atoms with Crippen LogP contribution in [0.15, 0.2) is 23.1 Å². The van der Waals surface area contributed by atoms with Crippen LogP contribution in [0.5, 0.6) is 5.75 Å². The minimum Gasteiger partial charge on any atom is -0.508 e. The second kappa shape index (κ2) is 5.56. The van der Waals surface area contributed by atoms with Crippen molar-refractivity contribution in [1.82, 2.24) is 9.78 Å². The van der Waals surface area contributed by atoms with E-state index in [2.05, 4.69) is 9.82 Å². The number of nitrogens with zero attached hydrogens (tertiary/aromatic N) is 2. The lowest BCUT2D eigenvalue weighted by molar-refractivity contribution is 0.345. The molecular weight excluding hydrogens is 314 g/mol. The van der Waals surface area contributed by atoms with Crippen LogP contribution in [0, 0.1) is 20.8 Å². The number of phenols is 1. The van der Waals surface area contributed by atoms with Gasteiger partial charge in [-0.25, -0.2) is 8.42 Å². The molecule has 0 radical (unpaired) electrons. The number of aryl methyl sites for hydroxylation is 2. The smallest absolute Gasteiger partial charge is 0.265 e. The Kier molecular flexibility index (Phi) is 4.19. The van der Waals surface area contributed by atoms with Crippen LogP contribution in [0.3, 0.4) is 0 Å². The maximum Gasteiger partial charge on any atom is 0.265 e. The molecule has 7 heteroatoms. The lowest BCUT2D eigenvalue weighted by Crippen LogP contribution is -2.25. The lowest BCUT2D eigenvalue weighted by Gasteiger charge is -2.21.